The van der Waals surface area contributed by atoms with Crippen LogP contribution in [0.25, 0.3) is 6.08 Å². The van der Waals surface area contributed by atoms with Crippen LogP contribution < -0.4 is 5.73 Å². The molecule has 108 valence electrons. The molecule has 0 aliphatic heterocycles. The number of nitrogens with two attached hydrogens (primary N) is 1. The minimum atomic E-state index is -0.465. The van der Waals surface area contributed by atoms with Gasteiger partial charge < -0.3 is 15.1 Å². The molecule has 0 saturated heterocycles. The molecule has 0 atom stereocenters. The van der Waals surface area contributed by atoms with Crippen molar-refractivity contribution in [3.8, 4) is 0 Å². The summed E-state index contributed by atoms with van der Waals surface area (Å²) in [5, 5.41) is 0. The van der Waals surface area contributed by atoms with Crippen molar-refractivity contribution in [2.75, 3.05) is 7.05 Å². The van der Waals surface area contributed by atoms with Crippen molar-refractivity contribution in [1.29, 1.82) is 0 Å². The number of nitrogens with zero attached hydrogens (tertiary/aromatic N) is 1. The molecule has 0 unspecified atom stereocenters. The van der Waals surface area contributed by atoms with E-state index in [-0.39, 0.29) is 5.91 Å². The number of rotatable bonds is 5. The van der Waals surface area contributed by atoms with Gasteiger partial charge in [0.15, 0.2) is 0 Å². The zero-order valence-corrected chi connectivity index (χ0v) is 11.7. The van der Waals surface area contributed by atoms with Crippen LogP contribution in [0, 0.1) is 0 Å². The normalized spacial score (nSPS) is 10.7. The molecule has 2 aromatic rings. The van der Waals surface area contributed by atoms with E-state index in [2.05, 4.69) is 0 Å². The second-order valence-electron chi connectivity index (χ2n) is 4.60. The average molecular weight is 284 g/mol. The molecule has 2 N–H and O–H groups in total. The Hall–Kier alpha value is -2.82. The molecule has 1 aromatic carbocycles. The summed E-state index contributed by atoms with van der Waals surface area (Å²) in [6.45, 7) is 0.445. The van der Waals surface area contributed by atoms with Gasteiger partial charge in [0.25, 0.3) is 0 Å². The molecular weight excluding hydrogens is 268 g/mol. The third-order valence-electron chi connectivity index (χ3n) is 2.97. The van der Waals surface area contributed by atoms with E-state index in [1.165, 1.54) is 6.08 Å². The molecule has 21 heavy (non-hydrogen) atoms. The van der Waals surface area contributed by atoms with Crippen LogP contribution >= 0.6 is 0 Å². The molecule has 0 aliphatic carbocycles. The fourth-order valence-corrected chi connectivity index (χ4v) is 1.79. The minimum absolute atomic E-state index is 0.134. The summed E-state index contributed by atoms with van der Waals surface area (Å²) in [6.07, 6.45) is 4.62. The maximum Gasteiger partial charge on any atom is 0.248 e. The molecule has 0 fully saturated rings. The maximum absolute atomic E-state index is 11.9. The average Bonchev–Trinajstić information content (AvgIpc) is 2.98. The zero-order chi connectivity index (χ0) is 15.2. The number of benzene rings is 1. The van der Waals surface area contributed by atoms with Crippen molar-refractivity contribution >= 4 is 17.9 Å². The van der Waals surface area contributed by atoms with Crippen molar-refractivity contribution in [2.45, 2.75) is 6.54 Å². The minimum Gasteiger partial charge on any atom is -0.465 e. The number of amides is 2. The van der Waals surface area contributed by atoms with Crippen LogP contribution in [0.4, 0.5) is 0 Å². The number of hydrogen-bond donors (Lipinski definition) is 1. The van der Waals surface area contributed by atoms with Crippen molar-refractivity contribution < 1.29 is 14.0 Å². The van der Waals surface area contributed by atoms with Crippen molar-refractivity contribution in [1.82, 2.24) is 4.90 Å². The Morgan fingerprint density at radius 1 is 1.24 bits per heavy atom. The van der Waals surface area contributed by atoms with Crippen molar-refractivity contribution in [3.05, 3.63) is 65.6 Å². The standard InChI is InChI=1S/C16H16N2O3/c1-18(15(19)9-8-14-3-2-10-21-14)11-12-4-6-13(7-5-12)16(17)20/h2-10H,11H2,1H3,(H2,17,20). The van der Waals surface area contributed by atoms with Crippen LogP contribution in [-0.4, -0.2) is 23.8 Å². The van der Waals surface area contributed by atoms with Gasteiger partial charge in [-0.1, -0.05) is 12.1 Å². The van der Waals surface area contributed by atoms with Gasteiger partial charge in [0.05, 0.1) is 6.26 Å². The third kappa shape index (κ3) is 4.07. The van der Waals surface area contributed by atoms with Crippen molar-refractivity contribution in [3.63, 3.8) is 0 Å². The van der Waals surface area contributed by atoms with E-state index >= 15 is 0 Å². The van der Waals surface area contributed by atoms with Gasteiger partial charge in [-0.15, -0.1) is 0 Å². The van der Waals surface area contributed by atoms with Crippen LogP contribution in [0.15, 0.2) is 53.2 Å². The largest absolute Gasteiger partial charge is 0.465 e. The SMILES string of the molecule is CN(Cc1ccc(C(N)=O)cc1)C(=O)C=Cc1ccco1. The van der Waals surface area contributed by atoms with Gasteiger partial charge in [0.2, 0.25) is 11.8 Å². The zero-order valence-electron chi connectivity index (χ0n) is 11.7. The Morgan fingerprint density at radius 2 is 1.95 bits per heavy atom. The lowest BCUT2D eigenvalue weighted by Crippen LogP contribution is -2.24. The first-order chi connectivity index (χ1) is 10.1. The van der Waals surface area contributed by atoms with Crippen LogP contribution in [0.5, 0.6) is 0 Å². The first-order valence-corrected chi connectivity index (χ1v) is 6.41. The predicted octanol–water partition coefficient (Wildman–Crippen LogP) is 2.05. The van der Waals surface area contributed by atoms with Gasteiger partial charge in [0.1, 0.15) is 5.76 Å². The molecule has 0 saturated carbocycles. The molecule has 1 heterocycles. The molecular formula is C16H16N2O3. The van der Waals surface area contributed by atoms with Gasteiger partial charge in [0, 0.05) is 25.2 Å². The van der Waals surface area contributed by atoms with Crippen molar-refractivity contribution in [2.24, 2.45) is 5.73 Å². The predicted molar refractivity (Wildman–Crippen MR) is 79.2 cm³/mol. The second-order valence-corrected chi connectivity index (χ2v) is 4.60. The van der Waals surface area contributed by atoms with E-state index in [4.69, 9.17) is 10.2 Å². The van der Waals surface area contributed by atoms with Gasteiger partial charge in [-0.3, -0.25) is 9.59 Å². The lowest BCUT2D eigenvalue weighted by atomic mass is 10.1. The number of primary amides is 1. The number of hydrogen-bond acceptors (Lipinski definition) is 3. The Balaban J connectivity index is 1.95. The van der Waals surface area contributed by atoms with E-state index in [1.54, 1.807) is 60.7 Å². The Kier molecular flexibility index (Phi) is 4.56. The quantitative estimate of drug-likeness (QED) is 0.854. The topological polar surface area (TPSA) is 76.5 Å². The Labute approximate surface area is 122 Å². The summed E-state index contributed by atoms with van der Waals surface area (Å²) < 4.78 is 5.12. The lowest BCUT2D eigenvalue weighted by molar-refractivity contribution is -0.125. The van der Waals surface area contributed by atoms with Gasteiger partial charge >= 0.3 is 0 Å². The number of carbonyl (C=O) groups excluding carboxylic acids is 2. The van der Waals surface area contributed by atoms with Gasteiger partial charge in [-0.2, -0.15) is 0 Å². The molecule has 2 amide bonds. The highest BCUT2D eigenvalue weighted by molar-refractivity contribution is 5.93. The smallest absolute Gasteiger partial charge is 0.248 e. The highest BCUT2D eigenvalue weighted by atomic mass is 16.3. The molecule has 0 radical (unpaired) electrons. The summed E-state index contributed by atoms with van der Waals surface area (Å²) in [4.78, 5) is 24.5. The molecule has 5 heteroatoms. The fourth-order valence-electron chi connectivity index (χ4n) is 1.79. The maximum atomic E-state index is 11.9. The van der Waals surface area contributed by atoms with E-state index < -0.39 is 5.91 Å². The first kappa shape index (κ1) is 14.6. The molecule has 0 spiro atoms. The number of furan rings is 1. The molecule has 1 aromatic heterocycles. The highest BCUT2D eigenvalue weighted by Gasteiger charge is 2.07. The number of likely N-dealkylation sites (N-methyl/N-ethyl adjacent to an activating group) is 1. The first-order valence-electron chi connectivity index (χ1n) is 6.41. The molecule has 0 aliphatic rings. The summed E-state index contributed by atoms with van der Waals surface area (Å²) in [6, 6.07) is 10.4. The van der Waals surface area contributed by atoms with Crippen LogP contribution in [0.2, 0.25) is 0 Å². The van der Waals surface area contributed by atoms with Gasteiger partial charge in [-0.05, 0) is 35.9 Å². The van der Waals surface area contributed by atoms with Gasteiger partial charge in [-0.25, -0.2) is 0 Å². The Bertz CT molecular complexity index is 643. The lowest BCUT2D eigenvalue weighted by Gasteiger charge is -2.15. The van der Waals surface area contributed by atoms with Crippen LogP contribution in [0.1, 0.15) is 21.7 Å². The van der Waals surface area contributed by atoms with E-state index in [1.807, 2.05) is 0 Å². The molecule has 2 rings (SSSR count). The molecule has 5 nitrogen and oxygen atoms in total. The van der Waals surface area contributed by atoms with E-state index in [0.717, 1.165) is 5.56 Å². The number of carbonyl (C=O) groups is 2. The van der Waals surface area contributed by atoms with E-state index in [0.29, 0.717) is 17.9 Å². The van der Waals surface area contributed by atoms with Crippen LogP contribution in [-0.2, 0) is 11.3 Å². The Morgan fingerprint density at radius 3 is 2.52 bits per heavy atom. The fraction of sp³-hybridized carbons (Fsp3) is 0.125. The monoisotopic (exact) mass is 284 g/mol. The highest BCUT2D eigenvalue weighted by Crippen LogP contribution is 2.08. The molecule has 0 bridgehead atoms. The summed E-state index contributed by atoms with van der Waals surface area (Å²) >= 11 is 0. The summed E-state index contributed by atoms with van der Waals surface area (Å²) in [7, 11) is 1.71. The summed E-state index contributed by atoms with van der Waals surface area (Å²) in [5.41, 5.74) is 6.55. The third-order valence-corrected chi connectivity index (χ3v) is 2.97. The summed E-state index contributed by atoms with van der Waals surface area (Å²) in [5.74, 6) is 0.0281. The van der Waals surface area contributed by atoms with E-state index in [9.17, 15) is 9.59 Å². The van der Waals surface area contributed by atoms with Crippen LogP contribution in [0.3, 0.4) is 0 Å². The second kappa shape index (κ2) is 6.56.